The molecule has 2 aromatic carbocycles. The summed E-state index contributed by atoms with van der Waals surface area (Å²) < 4.78 is 6.19. The van der Waals surface area contributed by atoms with Crippen molar-refractivity contribution in [3.63, 3.8) is 0 Å². The van der Waals surface area contributed by atoms with Crippen molar-refractivity contribution >= 4 is 72.6 Å². The molecule has 2 unspecified atom stereocenters. The van der Waals surface area contributed by atoms with Crippen LogP contribution in [0.4, 0.5) is 0 Å². The van der Waals surface area contributed by atoms with Gasteiger partial charge in [0.2, 0.25) is 0 Å². The monoisotopic (exact) mass is 600 g/mol. The van der Waals surface area contributed by atoms with Crippen LogP contribution in [0.2, 0.25) is 8.94 Å². The summed E-state index contributed by atoms with van der Waals surface area (Å²) in [4.78, 5) is 0. The third-order valence-corrected chi connectivity index (χ3v) is 14.8. The van der Waals surface area contributed by atoms with Gasteiger partial charge < -0.3 is 0 Å². The van der Waals surface area contributed by atoms with Crippen LogP contribution in [-0.4, -0.2) is 63.9 Å². The molecule has 0 spiro atoms. The quantitative estimate of drug-likeness (QED) is 0.337. The van der Waals surface area contributed by atoms with Gasteiger partial charge in [-0.2, -0.15) is 0 Å². The second-order valence-corrected chi connectivity index (χ2v) is 16.1. The molecular weight excluding hydrogens is 572 g/mol. The molecule has 2 aliphatic heterocycles. The topological polar surface area (TPSA) is 0 Å². The number of benzene rings is 2. The van der Waals surface area contributed by atoms with Gasteiger partial charge >= 0.3 is 182 Å². The summed E-state index contributed by atoms with van der Waals surface area (Å²) in [6, 6.07) is 19.1. The van der Waals surface area contributed by atoms with Crippen molar-refractivity contribution < 1.29 is 0 Å². The molecule has 0 nitrogen and oxygen atoms in total. The fourth-order valence-electron chi connectivity index (χ4n) is 2.81. The van der Waals surface area contributed by atoms with Gasteiger partial charge in [-0.25, -0.2) is 0 Å². The Morgan fingerprint density at radius 1 is 0.760 bits per heavy atom. The van der Waals surface area contributed by atoms with Crippen LogP contribution in [0.3, 0.4) is 0 Å². The van der Waals surface area contributed by atoms with Gasteiger partial charge in [-0.1, -0.05) is 0 Å². The van der Waals surface area contributed by atoms with Gasteiger partial charge in [0.05, 0.1) is 0 Å². The molecule has 132 valence electrons. The average molecular weight is 596 g/mol. The van der Waals surface area contributed by atoms with Crippen molar-refractivity contribution in [2.75, 3.05) is 11.5 Å². The van der Waals surface area contributed by atoms with Crippen LogP contribution >= 0.6 is 23.5 Å². The summed E-state index contributed by atoms with van der Waals surface area (Å²) in [5, 5.41) is 2.00. The van der Waals surface area contributed by atoms with Gasteiger partial charge in [0, 0.05) is 0 Å². The molecule has 2 atom stereocenters. The van der Waals surface area contributed by atoms with Crippen molar-refractivity contribution in [2.45, 2.75) is 38.7 Å². The molecule has 0 amide bonds. The molecule has 2 aliphatic rings. The molecule has 2 heterocycles. The molecule has 0 saturated carbocycles. The van der Waals surface area contributed by atoms with Gasteiger partial charge in [0.25, 0.3) is 0 Å². The normalized spacial score (nSPS) is 22.0. The predicted molar refractivity (Wildman–Crippen MR) is 118 cm³/mol. The molecule has 25 heavy (non-hydrogen) atoms. The van der Waals surface area contributed by atoms with Crippen LogP contribution < -0.4 is 7.22 Å². The predicted octanol–water partition coefficient (Wildman–Crippen LogP) is 3.74. The zero-order chi connectivity index (χ0) is 17.3. The van der Waals surface area contributed by atoms with Crippen molar-refractivity contribution in [1.82, 2.24) is 0 Å². The van der Waals surface area contributed by atoms with Crippen molar-refractivity contribution in [1.29, 1.82) is 0 Å². The van der Waals surface area contributed by atoms with Gasteiger partial charge in [-0.15, -0.1) is 0 Å². The second-order valence-electron chi connectivity index (χ2n) is 7.21. The van der Waals surface area contributed by atoms with Crippen LogP contribution in [0.1, 0.15) is 25.0 Å². The Balaban J connectivity index is 1.41. The average Bonchev–Trinajstić information content (AvgIpc) is 3.54. The fraction of sp³-hybridized carbons (Fsp3) is 0.429. The molecule has 0 bridgehead atoms. The maximum absolute atomic E-state index is 2.40. The Morgan fingerprint density at radius 3 is 1.44 bits per heavy atom. The first-order valence-electron chi connectivity index (χ1n) is 8.81. The standard InChI is InChI=1S/C21H24S2Te2/c1-21(2,15-3-7-19(8-4-15)24-13-17-11-22-17)16-5-9-20(10-6-16)25-14-18-12-23-18/h3-10,17-18H,11-14H2,1-2H3. The van der Waals surface area contributed by atoms with E-state index in [0.29, 0.717) is 0 Å². The van der Waals surface area contributed by atoms with Crippen LogP contribution in [0.5, 0.6) is 0 Å². The van der Waals surface area contributed by atoms with E-state index in [4.69, 9.17) is 0 Å². The summed E-state index contributed by atoms with van der Waals surface area (Å²) in [7, 11) is 0. The zero-order valence-electron chi connectivity index (χ0n) is 14.7. The Labute approximate surface area is 180 Å². The Bertz CT molecular complexity index is 640. The van der Waals surface area contributed by atoms with E-state index in [1.54, 1.807) is 7.22 Å². The fourth-order valence-corrected chi connectivity index (χ4v) is 11.7. The van der Waals surface area contributed by atoms with E-state index in [9.17, 15) is 0 Å². The number of thioether (sulfide) groups is 2. The molecule has 4 rings (SSSR count). The third-order valence-electron chi connectivity index (χ3n) is 4.83. The molecule has 2 saturated heterocycles. The van der Waals surface area contributed by atoms with Crippen molar-refractivity contribution in [3.8, 4) is 0 Å². The molecular formula is C21H24S2Te2. The Kier molecular flexibility index (Phi) is 6.39. The van der Waals surface area contributed by atoms with Crippen LogP contribution in [0, 0.1) is 0 Å². The Hall–Kier alpha value is 0.719. The van der Waals surface area contributed by atoms with Crippen molar-refractivity contribution in [3.05, 3.63) is 59.7 Å². The molecule has 2 fully saturated rings. The van der Waals surface area contributed by atoms with Crippen molar-refractivity contribution in [2.24, 2.45) is 0 Å². The zero-order valence-corrected chi connectivity index (χ0v) is 21.0. The second kappa shape index (κ2) is 8.39. The first-order chi connectivity index (χ1) is 12.1. The third kappa shape index (κ3) is 5.38. The van der Waals surface area contributed by atoms with E-state index in [0.717, 1.165) is 10.5 Å². The van der Waals surface area contributed by atoms with Crippen LogP contribution in [0.15, 0.2) is 48.5 Å². The molecule has 0 aromatic heterocycles. The first-order valence-corrected chi connectivity index (χ1v) is 16.5. The Morgan fingerprint density at radius 2 is 1.12 bits per heavy atom. The van der Waals surface area contributed by atoms with E-state index in [1.807, 2.05) is 0 Å². The summed E-state index contributed by atoms with van der Waals surface area (Å²) >= 11 is 4.33. The summed E-state index contributed by atoms with van der Waals surface area (Å²) in [5.74, 6) is 2.82. The van der Waals surface area contributed by atoms with E-state index >= 15 is 0 Å². The van der Waals surface area contributed by atoms with Gasteiger partial charge in [0.15, 0.2) is 0 Å². The maximum atomic E-state index is 2.40. The van der Waals surface area contributed by atoms with Crippen LogP contribution in [0.25, 0.3) is 0 Å². The summed E-state index contributed by atoms with van der Waals surface area (Å²) in [6.07, 6.45) is 0. The van der Waals surface area contributed by atoms with Gasteiger partial charge in [0.1, 0.15) is 0 Å². The number of rotatable bonds is 8. The number of hydrogen-bond acceptors (Lipinski definition) is 2. The molecule has 0 radical (unpaired) electrons. The van der Waals surface area contributed by atoms with E-state index < -0.39 is 0 Å². The molecule has 0 N–H and O–H groups in total. The molecule has 2 aromatic rings. The summed E-state index contributed by atoms with van der Waals surface area (Å²) in [5.41, 5.74) is 2.99. The first kappa shape index (κ1) is 19.1. The minimum atomic E-state index is 0.0318. The molecule has 0 aliphatic carbocycles. The summed E-state index contributed by atoms with van der Waals surface area (Å²) in [6.45, 7) is 4.73. The number of hydrogen-bond donors (Lipinski definition) is 0. The van der Waals surface area contributed by atoms with Gasteiger partial charge in [-0.3, -0.25) is 0 Å². The SMILES string of the molecule is CC(C)(c1ccc([Te]CC2CS2)cc1)c1ccc([Te]CC2CS2)cc1. The van der Waals surface area contributed by atoms with E-state index in [1.165, 1.54) is 31.6 Å². The van der Waals surface area contributed by atoms with E-state index in [-0.39, 0.29) is 47.3 Å². The van der Waals surface area contributed by atoms with Crippen LogP contribution in [-0.2, 0) is 5.41 Å². The molecule has 4 heteroatoms. The van der Waals surface area contributed by atoms with Gasteiger partial charge in [-0.05, 0) is 0 Å². The van der Waals surface area contributed by atoms with E-state index in [2.05, 4.69) is 85.9 Å². The minimum absolute atomic E-state index is 0.0318.